The average molecular weight is 760 g/mol. The van der Waals surface area contributed by atoms with Crippen molar-refractivity contribution in [2.45, 2.75) is 127 Å². The third kappa shape index (κ3) is 11.1. The van der Waals surface area contributed by atoms with Crippen LogP contribution in [0.25, 0.3) is 0 Å². The molecule has 7 N–H and O–H groups in total. The zero-order valence-corrected chi connectivity index (χ0v) is 29.6. The van der Waals surface area contributed by atoms with Gasteiger partial charge in [-0.3, -0.25) is 34.2 Å². The molecular weight excluding hydrogens is 709 g/mol. The molecule has 3 rings (SSSR count). The van der Waals surface area contributed by atoms with Crippen LogP contribution >= 0.6 is 22.6 Å². The molecule has 5 atom stereocenters. The molecule has 0 aromatic rings. The largest absolute Gasteiger partial charge is 0.347 e. The molecule has 2 aliphatic heterocycles. The molecule has 258 valence electrons. The van der Waals surface area contributed by atoms with Crippen molar-refractivity contribution in [2.24, 2.45) is 16.9 Å². The highest BCUT2D eigenvalue weighted by molar-refractivity contribution is 14.1. The quantitative estimate of drug-likeness (QED) is 0.0444. The average Bonchev–Trinajstić information content (AvgIpc) is 3.48. The van der Waals surface area contributed by atoms with Gasteiger partial charge in [-0.25, -0.2) is 5.53 Å². The number of hydrazone groups is 1. The lowest BCUT2D eigenvalue weighted by atomic mass is 9.98. The number of amidine groups is 1. The van der Waals surface area contributed by atoms with Crippen molar-refractivity contribution < 1.29 is 28.8 Å². The number of ketones is 1. The Morgan fingerprint density at radius 1 is 0.978 bits per heavy atom. The summed E-state index contributed by atoms with van der Waals surface area (Å²) in [5.74, 6) is -2.83. The van der Waals surface area contributed by atoms with Crippen molar-refractivity contribution in [1.82, 2.24) is 42.7 Å². The topological polar surface area (TPSA) is 202 Å². The molecule has 1 aliphatic carbocycles. The molecule has 3 aliphatic rings. The minimum Gasteiger partial charge on any atom is -0.347 e. The molecule has 2 fully saturated rings. The molecule has 5 amide bonds. The number of alkyl halides is 1. The van der Waals surface area contributed by atoms with E-state index in [2.05, 4.69) is 65.5 Å². The van der Waals surface area contributed by atoms with E-state index in [0.29, 0.717) is 38.6 Å². The maximum atomic E-state index is 13.9. The first-order valence-corrected chi connectivity index (χ1v) is 17.6. The fraction of sp³-hybridized carbons (Fsp3) is 0.767. The van der Waals surface area contributed by atoms with Crippen molar-refractivity contribution >= 4 is 63.7 Å². The Hall–Kier alpha value is -3.02. The summed E-state index contributed by atoms with van der Waals surface area (Å²) in [6, 6.07) is -3.63. The number of carbonyl (C=O) groups is 6. The number of nitrogens with one attached hydrogen (secondary N) is 7. The number of hydrogen-bond acceptors (Lipinski definition) is 10. The molecule has 15 nitrogen and oxygen atoms in total. The van der Waals surface area contributed by atoms with Crippen LogP contribution in [0.15, 0.2) is 5.10 Å². The molecule has 0 bridgehead atoms. The summed E-state index contributed by atoms with van der Waals surface area (Å²) in [7, 11) is 0. The summed E-state index contributed by atoms with van der Waals surface area (Å²) in [5.41, 5.74) is 8.10. The Kier molecular flexibility index (Phi) is 14.5. The van der Waals surface area contributed by atoms with Crippen LogP contribution in [0.5, 0.6) is 0 Å². The highest BCUT2D eigenvalue weighted by Crippen LogP contribution is 2.26. The predicted octanol–water partition coefficient (Wildman–Crippen LogP) is 0.291. The minimum absolute atomic E-state index is 0.0136. The Morgan fingerprint density at radius 2 is 1.67 bits per heavy atom. The minimum atomic E-state index is -0.986. The second-order valence-corrected chi connectivity index (χ2v) is 14.7. The molecule has 2 unspecified atom stereocenters. The van der Waals surface area contributed by atoms with E-state index >= 15 is 0 Å². The van der Waals surface area contributed by atoms with Gasteiger partial charge in [-0.05, 0) is 50.4 Å². The van der Waals surface area contributed by atoms with Gasteiger partial charge in [-0.15, -0.1) is 10.6 Å². The maximum Gasteiger partial charge on any atom is 0.289 e. The molecule has 1 saturated heterocycles. The highest BCUT2D eigenvalue weighted by Gasteiger charge is 2.43. The van der Waals surface area contributed by atoms with Gasteiger partial charge in [0, 0.05) is 29.4 Å². The molecular formula is C30H50IN9O6. The summed E-state index contributed by atoms with van der Waals surface area (Å²) >= 11 is 2.19. The van der Waals surface area contributed by atoms with Crippen molar-refractivity contribution in [2.75, 3.05) is 6.54 Å². The number of hydrazine groups is 2. The maximum absolute atomic E-state index is 13.9. The molecule has 0 aromatic carbocycles. The van der Waals surface area contributed by atoms with Gasteiger partial charge in [-0.2, -0.15) is 0 Å². The molecule has 0 aromatic heterocycles. The van der Waals surface area contributed by atoms with E-state index in [4.69, 9.17) is 0 Å². The lowest BCUT2D eigenvalue weighted by molar-refractivity contribution is -0.144. The van der Waals surface area contributed by atoms with Gasteiger partial charge in [0.15, 0.2) is 0 Å². The molecule has 2 heterocycles. The first kappa shape index (κ1) is 37.4. The number of carbonyl (C=O) groups excluding carboxylic acids is 6. The zero-order valence-electron chi connectivity index (χ0n) is 27.4. The number of rotatable bonds is 18. The van der Waals surface area contributed by atoms with Gasteiger partial charge in [0.05, 0.1) is 6.04 Å². The van der Waals surface area contributed by atoms with Gasteiger partial charge >= 0.3 is 0 Å². The number of nitrogens with zero attached hydrogens (tertiary/aromatic N) is 2. The van der Waals surface area contributed by atoms with Crippen LogP contribution in [-0.2, 0) is 28.8 Å². The summed E-state index contributed by atoms with van der Waals surface area (Å²) in [4.78, 5) is 80.5. The monoisotopic (exact) mass is 759 g/mol. The number of likely N-dealkylation sites (tertiary alicyclic amines) is 1. The Bertz CT molecular complexity index is 1160. The lowest BCUT2D eigenvalue weighted by Crippen LogP contribution is -2.59. The highest BCUT2D eigenvalue weighted by atomic mass is 127. The van der Waals surface area contributed by atoms with E-state index < -0.39 is 53.6 Å². The molecule has 1 saturated carbocycles. The van der Waals surface area contributed by atoms with Crippen LogP contribution in [0.1, 0.15) is 92.4 Å². The van der Waals surface area contributed by atoms with E-state index in [1.54, 1.807) is 0 Å². The van der Waals surface area contributed by atoms with Crippen molar-refractivity contribution in [1.29, 1.82) is 0 Å². The van der Waals surface area contributed by atoms with Gasteiger partial charge in [-0.1, -0.05) is 63.6 Å². The smallest absolute Gasteiger partial charge is 0.289 e. The van der Waals surface area contributed by atoms with Crippen LogP contribution < -0.4 is 37.8 Å². The summed E-state index contributed by atoms with van der Waals surface area (Å²) < 4.78 is -0.0222. The van der Waals surface area contributed by atoms with Crippen LogP contribution in [0.3, 0.4) is 0 Å². The predicted molar refractivity (Wildman–Crippen MR) is 180 cm³/mol. The first-order chi connectivity index (χ1) is 21.8. The van der Waals surface area contributed by atoms with Gasteiger partial charge in [0.25, 0.3) is 5.91 Å². The van der Waals surface area contributed by atoms with Crippen molar-refractivity contribution in [3.8, 4) is 0 Å². The van der Waals surface area contributed by atoms with E-state index in [9.17, 15) is 28.8 Å². The number of Topliss-reactive ketones (excluding diaryl/α,β-unsaturated/α-hetero) is 1. The fourth-order valence-electron chi connectivity index (χ4n) is 5.38. The van der Waals surface area contributed by atoms with Gasteiger partial charge < -0.3 is 26.2 Å². The summed E-state index contributed by atoms with van der Waals surface area (Å²) in [6.45, 7) is 9.41. The van der Waals surface area contributed by atoms with Gasteiger partial charge in [0.1, 0.15) is 24.0 Å². The summed E-state index contributed by atoms with van der Waals surface area (Å²) in [6.07, 6.45) is 5.16. The number of amides is 5. The second-order valence-electron chi connectivity index (χ2n) is 12.9. The molecule has 0 radical (unpaired) electrons. The Balaban J connectivity index is 1.62. The SMILES string of the molecule is CCCC(NC(=O)[C@@H]1CC(I)CN1C(=O)[C@@H](NC(=O)[C@@H](NC(=O)CCCCC1=NNNN1)C(C)C)C(C)C)C(=O)C(=O)NC1CC1. The normalized spacial score (nSPS) is 21.0. The van der Waals surface area contributed by atoms with Crippen LogP contribution in [0.2, 0.25) is 0 Å². The standard InChI is InChI=1S/C30H50IN9O6/c1-6-9-20(26(42)29(45)32-19-12-13-19)33-27(43)21-14-18(31)15-40(21)30(46)25(17(4)5)35-28(44)24(16(2)3)34-23(41)11-8-7-10-22-36-38-39-37-22/h16-21,24-25,38-39H,6-15H2,1-5H3,(H,32,45)(H,33,43)(H,34,41)(H,35,44)(H,36,37)/t18?,20?,21-,24-,25-/m0/s1. The molecule has 16 heteroatoms. The zero-order chi connectivity index (χ0) is 34.0. The van der Waals surface area contributed by atoms with E-state index in [0.717, 1.165) is 25.1 Å². The van der Waals surface area contributed by atoms with Gasteiger partial charge in [0.2, 0.25) is 29.4 Å². The number of unbranched alkanes of at least 4 members (excludes halogenated alkanes) is 1. The summed E-state index contributed by atoms with van der Waals surface area (Å²) in [5, 5.41) is 15.1. The van der Waals surface area contributed by atoms with Crippen LogP contribution in [0.4, 0.5) is 0 Å². The second kappa shape index (κ2) is 17.8. The number of hydrogen-bond donors (Lipinski definition) is 7. The van der Waals surface area contributed by atoms with Crippen molar-refractivity contribution in [3.05, 3.63) is 0 Å². The first-order valence-electron chi connectivity index (χ1n) is 16.3. The Morgan fingerprint density at radius 3 is 2.26 bits per heavy atom. The molecule has 46 heavy (non-hydrogen) atoms. The third-order valence-corrected chi connectivity index (χ3v) is 9.10. The number of halogens is 1. The van der Waals surface area contributed by atoms with Crippen molar-refractivity contribution in [3.63, 3.8) is 0 Å². The fourth-order valence-corrected chi connectivity index (χ4v) is 6.29. The third-order valence-electron chi connectivity index (χ3n) is 8.20. The Labute approximate surface area is 284 Å². The van der Waals surface area contributed by atoms with E-state index in [1.807, 2.05) is 34.6 Å². The van der Waals surface area contributed by atoms with E-state index in [-0.39, 0.29) is 34.1 Å². The van der Waals surface area contributed by atoms with Crippen LogP contribution in [-0.4, -0.2) is 86.7 Å². The molecule has 0 spiro atoms. The van der Waals surface area contributed by atoms with E-state index in [1.165, 1.54) is 4.90 Å². The lowest BCUT2D eigenvalue weighted by Gasteiger charge is -2.32. The van der Waals surface area contributed by atoms with Crippen LogP contribution in [0, 0.1) is 11.8 Å².